The third kappa shape index (κ3) is 1.14. The zero-order chi connectivity index (χ0) is 9.60. The zero-order valence-corrected chi connectivity index (χ0v) is 8.83. The van der Waals surface area contributed by atoms with Crippen molar-refractivity contribution in [2.75, 3.05) is 19.6 Å². The lowest BCUT2D eigenvalue weighted by molar-refractivity contribution is -0.0471. The molecule has 1 aromatic heterocycles. The fourth-order valence-electron chi connectivity index (χ4n) is 2.72. The molecule has 2 bridgehead atoms. The minimum absolute atomic E-state index is 0.428. The summed E-state index contributed by atoms with van der Waals surface area (Å²) in [5, 5.41) is 10.7. The van der Waals surface area contributed by atoms with Crippen LogP contribution in [0.3, 0.4) is 0 Å². The molecule has 3 unspecified atom stereocenters. The SMILES string of the molecule is OC1(c2ccns2)CCN2CCC1C2. The number of nitrogens with zero attached hydrogens (tertiary/aromatic N) is 2. The third-order valence-corrected chi connectivity index (χ3v) is 4.53. The van der Waals surface area contributed by atoms with Crippen molar-refractivity contribution >= 4 is 11.5 Å². The van der Waals surface area contributed by atoms with E-state index in [1.54, 1.807) is 6.20 Å². The molecule has 2 saturated heterocycles. The second-order valence-electron chi connectivity index (χ2n) is 4.34. The van der Waals surface area contributed by atoms with Crippen LogP contribution in [0.25, 0.3) is 0 Å². The Morgan fingerprint density at radius 1 is 1.57 bits per heavy atom. The number of piperidine rings is 1. The summed E-state index contributed by atoms with van der Waals surface area (Å²) in [5.41, 5.74) is -0.575. The van der Waals surface area contributed by atoms with Gasteiger partial charge in [-0.1, -0.05) is 0 Å². The average Bonchev–Trinajstić information content (AvgIpc) is 2.84. The Balaban J connectivity index is 1.95. The topological polar surface area (TPSA) is 36.4 Å². The highest BCUT2D eigenvalue weighted by Crippen LogP contribution is 2.43. The number of hydrogen-bond donors (Lipinski definition) is 1. The van der Waals surface area contributed by atoms with E-state index in [1.807, 2.05) is 6.07 Å². The number of rotatable bonds is 1. The standard InChI is InChI=1S/C10H14N2OS/c13-10(9-1-4-11-14-9)3-6-12-5-2-8(10)7-12/h1,4,8,13H,2-3,5-7H2. The Labute approximate surface area is 87.5 Å². The largest absolute Gasteiger partial charge is 0.384 e. The van der Waals surface area contributed by atoms with Gasteiger partial charge in [-0.05, 0) is 37.0 Å². The Morgan fingerprint density at radius 2 is 2.50 bits per heavy atom. The van der Waals surface area contributed by atoms with Gasteiger partial charge in [0, 0.05) is 25.2 Å². The van der Waals surface area contributed by atoms with Crippen molar-refractivity contribution in [3.05, 3.63) is 17.1 Å². The number of aliphatic hydroxyl groups is 1. The number of fused-ring (bicyclic) bond motifs is 2. The molecule has 1 N–H and O–H groups in total. The minimum atomic E-state index is -0.575. The molecule has 0 aromatic carbocycles. The first kappa shape index (κ1) is 8.83. The van der Waals surface area contributed by atoms with Crippen molar-refractivity contribution in [3.8, 4) is 0 Å². The van der Waals surface area contributed by atoms with Crippen LogP contribution >= 0.6 is 11.5 Å². The lowest BCUT2D eigenvalue weighted by Crippen LogP contribution is -2.43. The summed E-state index contributed by atoms with van der Waals surface area (Å²) in [4.78, 5) is 3.50. The van der Waals surface area contributed by atoms with Crippen molar-refractivity contribution in [1.82, 2.24) is 9.27 Å². The molecule has 3 nitrogen and oxygen atoms in total. The van der Waals surface area contributed by atoms with Gasteiger partial charge in [0.05, 0.1) is 4.88 Å². The van der Waals surface area contributed by atoms with Gasteiger partial charge in [0.2, 0.25) is 0 Å². The van der Waals surface area contributed by atoms with Crippen molar-refractivity contribution in [2.24, 2.45) is 5.92 Å². The molecule has 2 aliphatic rings. The van der Waals surface area contributed by atoms with Crippen molar-refractivity contribution in [1.29, 1.82) is 0 Å². The number of hydrogen-bond acceptors (Lipinski definition) is 4. The summed E-state index contributed by atoms with van der Waals surface area (Å²) in [6.45, 7) is 3.26. The van der Waals surface area contributed by atoms with Crippen LogP contribution in [-0.2, 0) is 5.60 Å². The molecule has 4 heteroatoms. The molecule has 0 aliphatic carbocycles. The van der Waals surface area contributed by atoms with Gasteiger partial charge in [-0.2, -0.15) is 0 Å². The smallest absolute Gasteiger partial charge is 0.106 e. The van der Waals surface area contributed by atoms with Crippen molar-refractivity contribution < 1.29 is 5.11 Å². The van der Waals surface area contributed by atoms with E-state index < -0.39 is 5.60 Å². The van der Waals surface area contributed by atoms with Crippen LogP contribution in [0.4, 0.5) is 0 Å². The normalized spacial score (nSPS) is 41.5. The molecule has 0 spiro atoms. The van der Waals surface area contributed by atoms with Crippen LogP contribution in [0.15, 0.2) is 12.3 Å². The van der Waals surface area contributed by atoms with Crippen molar-refractivity contribution in [3.63, 3.8) is 0 Å². The summed E-state index contributed by atoms with van der Waals surface area (Å²) in [5.74, 6) is 0.428. The van der Waals surface area contributed by atoms with E-state index in [4.69, 9.17) is 0 Å². The second kappa shape index (κ2) is 3.02. The molecular formula is C10H14N2OS. The van der Waals surface area contributed by atoms with E-state index in [9.17, 15) is 5.11 Å². The van der Waals surface area contributed by atoms with Crippen LogP contribution in [0.5, 0.6) is 0 Å². The van der Waals surface area contributed by atoms with E-state index in [0.717, 1.165) is 37.4 Å². The highest BCUT2D eigenvalue weighted by molar-refractivity contribution is 7.05. The van der Waals surface area contributed by atoms with Crippen LogP contribution in [0.1, 0.15) is 17.7 Å². The average molecular weight is 210 g/mol. The minimum Gasteiger partial charge on any atom is -0.384 e. The lowest BCUT2D eigenvalue weighted by atomic mass is 9.81. The molecule has 3 rings (SSSR count). The van der Waals surface area contributed by atoms with E-state index in [-0.39, 0.29) is 0 Å². The van der Waals surface area contributed by atoms with Gasteiger partial charge < -0.3 is 10.0 Å². The fourth-order valence-corrected chi connectivity index (χ4v) is 3.51. The van der Waals surface area contributed by atoms with E-state index in [2.05, 4.69) is 9.27 Å². The Hall–Kier alpha value is -0.450. The van der Waals surface area contributed by atoms with Crippen LogP contribution in [-0.4, -0.2) is 34.0 Å². The maximum atomic E-state index is 10.7. The predicted octanol–water partition coefficient (Wildman–Crippen LogP) is 1.06. The highest BCUT2D eigenvalue weighted by atomic mass is 32.1. The van der Waals surface area contributed by atoms with Gasteiger partial charge in [-0.15, -0.1) is 0 Å². The second-order valence-corrected chi connectivity index (χ2v) is 5.17. The Bertz CT molecular complexity index is 327. The van der Waals surface area contributed by atoms with Gasteiger partial charge in [0.15, 0.2) is 0 Å². The quantitative estimate of drug-likeness (QED) is 0.753. The van der Waals surface area contributed by atoms with E-state index >= 15 is 0 Å². The monoisotopic (exact) mass is 210 g/mol. The molecule has 3 heterocycles. The molecule has 0 saturated carbocycles. The molecule has 76 valence electrons. The summed E-state index contributed by atoms with van der Waals surface area (Å²) in [6, 6.07) is 1.97. The van der Waals surface area contributed by atoms with Gasteiger partial charge >= 0.3 is 0 Å². The highest BCUT2D eigenvalue weighted by Gasteiger charge is 2.46. The molecule has 0 amide bonds. The summed E-state index contributed by atoms with van der Waals surface area (Å²) >= 11 is 1.45. The van der Waals surface area contributed by atoms with E-state index in [0.29, 0.717) is 5.92 Å². The van der Waals surface area contributed by atoms with Gasteiger partial charge in [-0.3, -0.25) is 0 Å². The van der Waals surface area contributed by atoms with Gasteiger partial charge in [-0.25, -0.2) is 4.37 Å². The van der Waals surface area contributed by atoms with E-state index in [1.165, 1.54) is 11.5 Å². The fraction of sp³-hybridized carbons (Fsp3) is 0.700. The summed E-state index contributed by atoms with van der Waals surface area (Å²) in [6.07, 6.45) is 3.80. The van der Waals surface area contributed by atoms with Gasteiger partial charge in [0.25, 0.3) is 0 Å². The van der Waals surface area contributed by atoms with Crippen molar-refractivity contribution in [2.45, 2.75) is 18.4 Å². The lowest BCUT2D eigenvalue weighted by Gasteiger charge is -2.37. The summed E-state index contributed by atoms with van der Waals surface area (Å²) in [7, 11) is 0. The van der Waals surface area contributed by atoms with Crippen LogP contribution in [0.2, 0.25) is 0 Å². The third-order valence-electron chi connectivity index (χ3n) is 3.62. The Kier molecular flexibility index (Phi) is 1.90. The zero-order valence-electron chi connectivity index (χ0n) is 8.02. The molecule has 2 fully saturated rings. The predicted molar refractivity (Wildman–Crippen MR) is 55.2 cm³/mol. The number of aromatic nitrogens is 1. The maximum Gasteiger partial charge on any atom is 0.106 e. The first-order chi connectivity index (χ1) is 6.79. The maximum absolute atomic E-state index is 10.7. The molecule has 0 radical (unpaired) electrons. The first-order valence-corrected chi connectivity index (χ1v) is 5.92. The van der Waals surface area contributed by atoms with Crippen LogP contribution < -0.4 is 0 Å². The first-order valence-electron chi connectivity index (χ1n) is 5.15. The summed E-state index contributed by atoms with van der Waals surface area (Å²) < 4.78 is 4.09. The molecule has 1 aromatic rings. The molecule has 14 heavy (non-hydrogen) atoms. The molecule has 3 atom stereocenters. The van der Waals surface area contributed by atoms with Crippen LogP contribution in [0, 0.1) is 5.92 Å². The van der Waals surface area contributed by atoms with Gasteiger partial charge in [0.1, 0.15) is 5.60 Å². The molecule has 2 aliphatic heterocycles. The molecular weight excluding hydrogens is 196 g/mol. The Morgan fingerprint density at radius 3 is 3.29 bits per heavy atom.